The second kappa shape index (κ2) is 7.66. The molecule has 0 aromatic heterocycles. The van der Waals surface area contributed by atoms with Crippen LogP contribution in [0.5, 0.6) is 0 Å². The van der Waals surface area contributed by atoms with Crippen LogP contribution in [0.15, 0.2) is 0 Å². The van der Waals surface area contributed by atoms with Crippen LogP contribution < -0.4 is 5.32 Å². The van der Waals surface area contributed by atoms with Gasteiger partial charge in [-0.2, -0.15) is 0 Å². The van der Waals surface area contributed by atoms with Crippen molar-refractivity contribution in [3.8, 4) is 0 Å². The number of carbonyl (C=O) groups is 1. The van der Waals surface area contributed by atoms with Gasteiger partial charge < -0.3 is 10.4 Å². The maximum atomic E-state index is 10.8. The Morgan fingerprint density at radius 1 is 1.19 bits per heavy atom. The molecule has 16 heavy (non-hydrogen) atoms. The molecule has 0 aliphatic heterocycles. The van der Waals surface area contributed by atoms with Gasteiger partial charge in [-0.05, 0) is 25.8 Å². The van der Waals surface area contributed by atoms with Gasteiger partial charge in [0.05, 0.1) is 5.92 Å². The van der Waals surface area contributed by atoms with Gasteiger partial charge in [-0.25, -0.2) is 0 Å². The third kappa shape index (κ3) is 4.52. The summed E-state index contributed by atoms with van der Waals surface area (Å²) >= 11 is 0. The summed E-state index contributed by atoms with van der Waals surface area (Å²) in [5.41, 5.74) is 0. The number of rotatable bonds is 9. The van der Waals surface area contributed by atoms with Crippen molar-refractivity contribution in [2.75, 3.05) is 6.54 Å². The van der Waals surface area contributed by atoms with Crippen LogP contribution in [0.3, 0.4) is 0 Å². The van der Waals surface area contributed by atoms with Gasteiger partial charge in [-0.3, -0.25) is 4.79 Å². The van der Waals surface area contributed by atoms with E-state index in [4.69, 9.17) is 5.11 Å². The molecule has 0 saturated heterocycles. The summed E-state index contributed by atoms with van der Waals surface area (Å²) < 4.78 is 0. The average Bonchev–Trinajstić information content (AvgIpc) is 2.19. The average molecular weight is 227 g/mol. The van der Waals surface area contributed by atoms with Crippen LogP contribution in [0, 0.1) is 5.92 Å². The zero-order valence-corrected chi connectivity index (χ0v) is 10.4. The Morgan fingerprint density at radius 2 is 1.88 bits per heavy atom. The number of carboxylic acid groups (broad SMARTS) is 1. The Hall–Kier alpha value is -0.570. The van der Waals surface area contributed by atoms with Gasteiger partial charge in [0, 0.05) is 6.04 Å². The number of hydrogen-bond acceptors (Lipinski definition) is 2. The summed E-state index contributed by atoms with van der Waals surface area (Å²) in [6.45, 7) is 3.21. The highest BCUT2D eigenvalue weighted by atomic mass is 16.4. The van der Waals surface area contributed by atoms with Gasteiger partial charge in [0.2, 0.25) is 0 Å². The Labute approximate surface area is 98.6 Å². The molecular formula is C13H25NO2. The molecule has 0 aromatic carbocycles. The van der Waals surface area contributed by atoms with Crippen molar-refractivity contribution in [3.63, 3.8) is 0 Å². The maximum absolute atomic E-state index is 10.8. The van der Waals surface area contributed by atoms with Gasteiger partial charge in [-0.15, -0.1) is 0 Å². The summed E-state index contributed by atoms with van der Waals surface area (Å²) in [5, 5.41) is 12.2. The summed E-state index contributed by atoms with van der Waals surface area (Å²) in [7, 11) is 0. The third-order valence-electron chi connectivity index (χ3n) is 3.53. The Kier molecular flexibility index (Phi) is 6.46. The molecule has 0 aromatic rings. The smallest absolute Gasteiger partial charge is 0.308 e. The molecular weight excluding hydrogens is 202 g/mol. The highest BCUT2D eigenvalue weighted by molar-refractivity contribution is 5.72. The highest BCUT2D eigenvalue weighted by Gasteiger charge is 2.35. The number of hydrogen-bond donors (Lipinski definition) is 2. The van der Waals surface area contributed by atoms with Crippen molar-refractivity contribution in [3.05, 3.63) is 0 Å². The molecule has 2 N–H and O–H groups in total. The standard InChI is InChI=1S/C13H25NO2/c1-2-3-4-5-6-7-10-14-12-9-8-11(12)13(15)16/h11-12,14H,2-10H2,1H3,(H,15,16). The van der Waals surface area contributed by atoms with Crippen molar-refractivity contribution in [1.29, 1.82) is 0 Å². The van der Waals surface area contributed by atoms with Gasteiger partial charge in [0.1, 0.15) is 0 Å². The van der Waals surface area contributed by atoms with Crippen molar-refractivity contribution in [2.45, 2.75) is 64.3 Å². The first-order chi connectivity index (χ1) is 7.75. The first kappa shape index (κ1) is 13.5. The van der Waals surface area contributed by atoms with E-state index < -0.39 is 5.97 Å². The number of unbranched alkanes of at least 4 members (excludes halogenated alkanes) is 5. The van der Waals surface area contributed by atoms with E-state index in [-0.39, 0.29) is 12.0 Å². The Balaban J connectivity index is 1.90. The van der Waals surface area contributed by atoms with Crippen molar-refractivity contribution >= 4 is 5.97 Å². The zero-order valence-electron chi connectivity index (χ0n) is 10.4. The quantitative estimate of drug-likeness (QED) is 0.595. The molecule has 0 spiro atoms. The van der Waals surface area contributed by atoms with Gasteiger partial charge in [0.25, 0.3) is 0 Å². The van der Waals surface area contributed by atoms with Gasteiger partial charge in [-0.1, -0.05) is 39.0 Å². The topological polar surface area (TPSA) is 49.3 Å². The lowest BCUT2D eigenvalue weighted by Crippen LogP contribution is -2.47. The predicted octanol–water partition coefficient (Wildman–Crippen LogP) is 2.80. The minimum atomic E-state index is -0.633. The summed E-state index contributed by atoms with van der Waals surface area (Å²) in [6, 6.07) is 0.244. The van der Waals surface area contributed by atoms with Gasteiger partial charge >= 0.3 is 5.97 Å². The van der Waals surface area contributed by atoms with E-state index in [1.165, 1.54) is 38.5 Å². The molecule has 1 aliphatic carbocycles. The molecule has 0 amide bonds. The maximum Gasteiger partial charge on any atom is 0.308 e. The first-order valence-corrected chi connectivity index (χ1v) is 6.72. The summed E-state index contributed by atoms with van der Waals surface area (Å²) in [6.07, 6.45) is 9.65. The number of carboxylic acids is 1. The number of aliphatic carboxylic acids is 1. The molecule has 2 atom stereocenters. The normalized spacial score (nSPS) is 24.1. The molecule has 3 heteroatoms. The van der Waals surface area contributed by atoms with Crippen LogP contribution in [-0.4, -0.2) is 23.7 Å². The monoisotopic (exact) mass is 227 g/mol. The second-order valence-corrected chi connectivity index (χ2v) is 4.85. The molecule has 3 nitrogen and oxygen atoms in total. The Morgan fingerprint density at radius 3 is 2.44 bits per heavy atom. The van der Waals surface area contributed by atoms with E-state index in [2.05, 4.69) is 12.2 Å². The number of nitrogens with one attached hydrogen (secondary N) is 1. The van der Waals surface area contributed by atoms with Crippen molar-refractivity contribution in [2.24, 2.45) is 5.92 Å². The fourth-order valence-corrected chi connectivity index (χ4v) is 2.23. The third-order valence-corrected chi connectivity index (χ3v) is 3.53. The van der Waals surface area contributed by atoms with Crippen LogP contribution >= 0.6 is 0 Å². The lowest BCUT2D eigenvalue weighted by molar-refractivity contribution is -0.146. The second-order valence-electron chi connectivity index (χ2n) is 4.85. The molecule has 0 heterocycles. The molecule has 0 bridgehead atoms. The summed E-state index contributed by atoms with van der Waals surface area (Å²) in [4.78, 5) is 10.8. The largest absolute Gasteiger partial charge is 0.481 e. The lowest BCUT2D eigenvalue weighted by atomic mass is 9.79. The predicted molar refractivity (Wildman–Crippen MR) is 65.5 cm³/mol. The van der Waals surface area contributed by atoms with Crippen molar-refractivity contribution in [1.82, 2.24) is 5.32 Å². The molecule has 1 aliphatic rings. The fourth-order valence-electron chi connectivity index (χ4n) is 2.23. The molecule has 1 fully saturated rings. The minimum Gasteiger partial charge on any atom is -0.481 e. The van der Waals surface area contributed by atoms with Crippen LogP contribution in [0.4, 0.5) is 0 Å². The summed E-state index contributed by atoms with van der Waals surface area (Å²) in [5.74, 6) is -0.758. The van der Waals surface area contributed by atoms with E-state index in [9.17, 15) is 4.79 Å². The van der Waals surface area contributed by atoms with E-state index in [0.717, 1.165) is 19.4 Å². The molecule has 0 radical (unpaired) electrons. The Bertz CT molecular complexity index is 206. The fraction of sp³-hybridized carbons (Fsp3) is 0.923. The molecule has 2 unspecified atom stereocenters. The van der Waals surface area contributed by atoms with E-state index in [0.29, 0.717) is 0 Å². The minimum absolute atomic E-state index is 0.125. The first-order valence-electron chi connectivity index (χ1n) is 6.72. The van der Waals surface area contributed by atoms with Gasteiger partial charge in [0.15, 0.2) is 0 Å². The van der Waals surface area contributed by atoms with Crippen LogP contribution in [0.25, 0.3) is 0 Å². The molecule has 1 saturated carbocycles. The zero-order chi connectivity index (χ0) is 11.8. The van der Waals surface area contributed by atoms with Crippen LogP contribution in [0.2, 0.25) is 0 Å². The molecule has 94 valence electrons. The van der Waals surface area contributed by atoms with E-state index >= 15 is 0 Å². The lowest BCUT2D eigenvalue weighted by Gasteiger charge is -2.34. The van der Waals surface area contributed by atoms with Crippen LogP contribution in [-0.2, 0) is 4.79 Å². The van der Waals surface area contributed by atoms with Crippen molar-refractivity contribution < 1.29 is 9.90 Å². The SMILES string of the molecule is CCCCCCCCNC1CCC1C(=O)O. The van der Waals surface area contributed by atoms with Crippen LogP contribution in [0.1, 0.15) is 58.3 Å². The van der Waals surface area contributed by atoms with E-state index in [1.807, 2.05) is 0 Å². The molecule has 1 rings (SSSR count). The van der Waals surface area contributed by atoms with E-state index in [1.54, 1.807) is 0 Å². The highest BCUT2D eigenvalue weighted by Crippen LogP contribution is 2.27.